The number of aromatic nitrogens is 8. The molecule has 17 aromatic carbocycles. The number of rotatable bonds is 18. The highest BCUT2D eigenvalue weighted by Crippen LogP contribution is 2.63. The smallest absolute Gasteiger partial charge is 0.349 e. The van der Waals surface area contributed by atoms with Crippen molar-refractivity contribution in [3.05, 3.63) is 581 Å². The third-order valence-electron chi connectivity index (χ3n) is 28.5. The molecular weight excluding hydrogens is 1800 g/mol. The first kappa shape index (κ1) is 86.7. The highest BCUT2D eigenvalue weighted by molar-refractivity contribution is 6.11. The molecule has 0 atom stereocenters. The molecule has 0 fully saturated rings. The number of hydrogen-bond acceptors (Lipinski definition) is 14. The quantitative estimate of drug-likeness (QED) is 0.0748. The molecule has 2 aliphatic heterocycles. The molecule has 25 aromatic rings. The lowest BCUT2D eigenvalue weighted by molar-refractivity contribution is 0.557. The molecule has 2 aliphatic rings. The third kappa shape index (κ3) is 14.3. The summed E-state index contributed by atoms with van der Waals surface area (Å²) in [6, 6.07) is 170. The summed E-state index contributed by atoms with van der Waals surface area (Å²) in [5.41, 5.74) is 26.1. The summed E-state index contributed by atoms with van der Waals surface area (Å²) in [6.07, 6.45) is 5.84. The van der Waals surface area contributed by atoms with E-state index in [1.807, 2.05) is 133 Å². The molecule has 17 heteroatoms. The Morgan fingerprint density at radius 1 is 0.253 bits per heavy atom. The van der Waals surface area contributed by atoms with Crippen LogP contribution in [0, 0.1) is 13.8 Å². The van der Waals surface area contributed by atoms with E-state index in [2.05, 4.69) is 417 Å². The van der Waals surface area contributed by atoms with Crippen molar-refractivity contribution in [2.45, 2.75) is 24.7 Å². The van der Waals surface area contributed by atoms with Gasteiger partial charge in [0.15, 0.2) is 0 Å². The van der Waals surface area contributed by atoms with Crippen LogP contribution in [0.4, 0.5) is 85.6 Å². The van der Waals surface area contributed by atoms with Gasteiger partial charge in [0.05, 0.1) is 108 Å². The molecule has 0 bridgehead atoms. The lowest BCUT2D eigenvalue weighted by atomic mass is 9.62. The Morgan fingerprint density at radius 2 is 0.589 bits per heavy atom. The van der Waals surface area contributed by atoms with Crippen LogP contribution in [-0.2, 0) is 10.8 Å². The summed E-state index contributed by atoms with van der Waals surface area (Å²) in [5.74, 6) is 1.50. The van der Waals surface area contributed by atoms with Gasteiger partial charge in [-0.25, -0.2) is 33.9 Å². The Morgan fingerprint density at radius 3 is 1.01 bits per heavy atom. The van der Waals surface area contributed by atoms with E-state index in [9.17, 15) is 9.59 Å². The summed E-state index contributed by atoms with van der Waals surface area (Å²) < 4.78 is 18.3. The van der Waals surface area contributed by atoms with Crippen molar-refractivity contribution < 1.29 is 8.83 Å². The maximum atomic E-state index is 13.9. The topological polar surface area (TPSA) is 156 Å². The molecule has 146 heavy (non-hydrogen) atoms. The zero-order valence-electron chi connectivity index (χ0n) is 79.4. The van der Waals surface area contributed by atoms with Gasteiger partial charge in [0.25, 0.3) is 0 Å². The highest BCUT2D eigenvalue weighted by Gasteiger charge is 2.51. The van der Waals surface area contributed by atoms with Gasteiger partial charge in [-0.3, -0.25) is 9.80 Å². The molecule has 0 saturated carbocycles. The molecule has 8 aromatic heterocycles. The van der Waals surface area contributed by atoms with Gasteiger partial charge in [0, 0.05) is 78.5 Å². The van der Waals surface area contributed by atoms with Gasteiger partial charge in [0.1, 0.15) is 28.0 Å². The number of fused-ring (bicyclic) bond motifs is 13. The molecule has 0 radical (unpaired) electrons. The van der Waals surface area contributed by atoms with E-state index < -0.39 is 22.1 Å². The Balaban J connectivity index is 0.000000148. The number of hydrogen-bond donors (Lipinski definition) is 0. The number of benzene rings is 17. The molecule has 0 amide bonds. The lowest BCUT2D eigenvalue weighted by Gasteiger charge is -2.47. The second-order valence-corrected chi connectivity index (χ2v) is 36.7. The van der Waals surface area contributed by atoms with Crippen LogP contribution >= 0.6 is 0 Å². The van der Waals surface area contributed by atoms with Crippen molar-refractivity contribution in [3.8, 4) is 17.1 Å². The van der Waals surface area contributed by atoms with Crippen LogP contribution in [0.1, 0.15) is 55.9 Å². The molecule has 0 spiro atoms. The van der Waals surface area contributed by atoms with Crippen LogP contribution in [0.15, 0.2) is 522 Å². The van der Waals surface area contributed by atoms with Crippen LogP contribution in [0.5, 0.6) is 0 Å². The number of aryl methyl sites for hydroxylation is 2. The fraction of sp³-hybridized carbons (Fsp3) is 0.0310. The van der Waals surface area contributed by atoms with Gasteiger partial charge in [0.2, 0.25) is 5.71 Å². The third-order valence-corrected chi connectivity index (χ3v) is 28.5. The standard InChI is InChI=1S/C65H46N6O2.C64H43N7O2/c1-45-62-63(71(67-45)52-35-21-8-22-36-52)55-41-53(38-40-60(55)73-64(62)72)70-58-39-37-54(68(48-27-13-4-14-28-48)49-29-15-5-16-30-49)42-56(58)65(46-23-9-2-10-24-46,47-25-11-3-12-26-47)57-43-61(66-44-59(57)70)69(50-31-17-6-18-32-50)51-33-19-7-20-34-51;1-42-60-61(71(67-42)47-29-15-6-16-30-47)52-37-49(40-66-62(52)73-63(60)72)70-57-36-35-48(69-55-33-19-17-31-50(55)51-32-18-20-34-56(51)69)38-53(57)64(43-21-7-2-8-22-43,44-23-9-3-10-24-44)54-39-59(65-41-58(54)70)68(45-25-11-4-12-26-45)46-27-13-5-14-28-46/h2-44H,1H3;2-41H,1H3. The molecule has 0 N–H and O–H groups in total. The van der Waals surface area contributed by atoms with E-state index in [-0.39, 0.29) is 5.71 Å². The van der Waals surface area contributed by atoms with Crippen molar-refractivity contribution in [1.82, 2.24) is 39.1 Å². The van der Waals surface area contributed by atoms with Crippen molar-refractivity contribution in [1.29, 1.82) is 0 Å². The first-order valence-corrected chi connectivity index (χ1v) is 48.8. The number of para-hydroxylation sites is 10. The van der Waals surface area contributed by atoms with E-state index in [0.717, 1.165) is 164 Å². The second kappa shape index (κ2) is 35.9. The Hall–Kier alpha value is -19.7. The Labute approximate surface area is 840 Å². The lowest BCUT2D eigenvalue weighted by Crippen LogP contribution is -2.38. The highest BCUT2D eigenvalue weighted by atomic mass is 16.4. The fourth-order valence-electron chi connectivity index (χ4n) is 22.4. The predicted molar refractivity (Wildman–Crippen MR) is 589 cm³/mol. The largest absolute Gasteiger partial charge is 0.422 e. The number of nitrogens with zero attached hydrogens (tertiary/aromatic N) is 13. The summed E-state index contributed by atoms with van der Waals surface area (Å²) in [5, 5.41) is 14.5. The SMILES string of the molecule is Cc1nn(-c2ccccc2)c2c1c(=O)oc1ccc(N3c4ccc(N(c5ccccc5)c5ccccc5)cc4C(c4ccccc4)(c4ccccc4)c4cc(N(c5ccccc5)c5ccccc5)ncc43)cc12.Cc1nn(-c2ccccc2)c2c1c(=O)oc1ncc(N3c4ccc(-n5c6ccccc6c6ccccc65)cc4C(c4ccccc4)(c4ccccc4)c4cc(N(c5ccccc5)c5ccccc5)ncc43)cc12. The van der Waals surface area contributed by atoms with E-state index in [0.29, 0.717) is 44.2 Å². The maximum Gasteiger partial charge on any atom is 0.349 e. The number of anilines is 15. The summed E-state index contributed by atoms with van der Waals surface area (Å²) in [4.78, 5) is 54.9. The van der Waals surface area contributed by atoms with Crippen molar-refractivity contribution >= 4 is 151 Å². The van der Waals surface area contributed by atoms with Crippen LogP contribution in [0.25, 0.3) is 82.7 Å². The van der Waals surface area contributed by atoms with E-state index in [4.69, 9.17) is 34.0 Å². The van der Waals surface area contributed by atoms with E-state index in [1.54, 1.807) is 6.20 Å². The first-order valence-electron chi connectivity index (χ1n) is 48.8. The summed E-state index contributed by atoms with van der Waals surface area (Å²) >= 11 is 0. The van der Waals surface area contributed by atoms with Gasteiger partial charge < -0.3 is 28.1 Å². The fourth-order valence-corrected chi connectivity index (χ4v) is 22.4. The molecule has 0 unspecified atom stereocenters. The maximum absolute atomic E-state index is 13.9. The molecule has 694 valence electrons. The molecule has 10 heterocycles. The summed E-state index contributed by atoms with van der Waals surface area (Å²) in [6.45, 7) is 3.71. The molecular formula is C129H89N13O4. The average molecular weight is 1890 g/mol. The van der Waals surface area contributed by atoms with Gasteiger partial charge in [-0.15, -0.1) is 0 Å². The van der Waals surface area contributed by atoms with Gasteiger partial charge in [-0.05, 0) is 229 Å². The summed E-state index contributed by atoms with van der Waals surface area (Å²) in [7, 11) is 0. The van der Waals surface area contributed by atoms with Crippen molar-refractivity contribution in [3.63, 3.8) is 0 Å². The zero-order chi connectivity index (χ0) is 97.5. The molecule has 0 saturated heterocycles. The molecule has 17 nitrogen and oxygen atoms in total. The minimum atomic E-state index is -0.914. The zero-order valence-corrected chi connectivity index (χ0v) is 79.4. The van der Waals surface area contributed by atoms with Crippen LogP contribution in [0.2, 0.25) is 0 Å². The van der Waals surface area contributed by atoms with Gasteiger partial charge in [-0.1, -0.05) is 303 Å². The van der Waals surface area contributed by atoms with Gasteiger partial charge in [-0.2, -0.15) is 10.2 Å². The van der Waals surface area contributed by atoms with Crippen molar-refractivity contribution in [2.75, 3.05) is 24.5 Å². The van der Waals surface area contributed by atoms with Crippen LogP contribution < -0.4 is 35.8 Å². The Bertz CT molecular complexity index is 9010. The van der Waals surface area contributed by atoms with E-state index >= 15 is 0 Å². The second-order valence-electron chi connectivity index (χ2n) is 36.7. The normalized spacial score (nSPS) is 12.7. The first-order chi connectivity index (χ1) is 72.1. The minimum absolute atomic E-state index is 0.218. The monoisotopic (exact) mass is 1880 g/mol. The number of pyridine rings is 3. The average Bonchev–Trinajstić information content (AvgIpc) is 1.38. The Kier molecular flexibility index (Phi) is 21.3. The van der Waals surface area contributed by atoms with Crippen molar-refractivity contribution in [2.24, 2.45) is 0 Å². The van der Waals surface area contributed by atoms with Gasteiger partial charge >= 0.3 is 11.3 Å². The van der Waals surface area contributed by atoms with E-state index in [1.165, 1.54) is 10.8 Å². The molecule has 27 rings (SSSR count). The predicted octanol–water partition coefficient (Wildman–Crippen LogP) is 30.9. The molecule has 0 aliphatic carbocycles. The van der Waals surface area contributed by atoms with Crippen LogP contribution in [0.3, 0.4) is 0 Å². The minimum Gasteiger partial charge on any atom is -0.422 e. The van der Waals surface area contributed by atoms with Crippen LogP contribution in [-0.4, -0.2) is 39.1 Å².